The number of aliphatic imine (C=N–C) groups is 1. The summed E-state index contributed by atoms with van der Waals surface area (Å²) in [5, 5.41) is 6.30. The highest BCUT2D eigenvalue weighted by molar-refractivity contribution is 6.11. The summed E-state index contributed by atoms with van der Waals surface area (Å²) in [7, 11) is 2.12. The molecule has 2 aromatic carbocycles. The summed E-state index contributed by atoms with van der Waals surface area (Å²) < 4.78 is 34.7. The molecule has 8 nitrogen and oxygen atoms in total. The third-order valence-electron chi connectivity index (χ3n) is 6.71. The van der Waals surface area contributed by atoms with Crippen LogP contribution in [0.5, 0.6) is 5.75 Å². The number of nitrogens with one attached hydrogen (secondary N) is 2. The average molecular weight is 513 g/mol. The predicted molar refractivity (Wildman–Crippen MR) is 141 cm³/mol. The van der Waals surface area contributed by atoms with Crippen LogP contribution in [0.3, 0.4) is 0 Å². The fourth-order valence-electron chi connectivity index (χ4n) is 4.75. The SMILES string of the molecule is Cc1cc(F)cc(C)c1C1(Nc2ccc(OCCCN3CCN(C)CC3)c(F)c2)N=CC(C(N)=O)=CN1. The van der Waals surface area contributed by atoms with Crippen LogP contribution in [-0.2, 0) is 10.6 Å². The Labute approximate surface area is 216 Å². The number of aryl methyl sites for hydroxylation is 2. The first-order valence-electron chi connectivity index (χ1n) is 12.4. The Hall–Kier alpha value is -3.50. The summed E-state index contributed by atoms with van der Waals surface area (Å²) >= 11 is 0. The number of nitrogens with zero attached hydrogens (tertiary/aromatic N) is 3. The van der Waals surface area contributed by atoms with Crippen molar-refractivity contribution in [3.05, 3.63) is 70.4 Å². The van der Waals surface area contributed by atoms with Gasteiger partial charge in [0.05, 0.1) is 12.2 Å². The van der Waals surface area contributed by atoms with Crippen molar-refractivity contribution in [3.63, 3.8) is 0 Å². The van der Waals surface area contributed by atoms with E-state index in [2.05, 4.69) is 32.5 Å². The number of ether oxygens (including phenoxy) is 1. The Morgan fingerprint density at radius 1 is 1.16 bits per heavy atom. The molecule has 1 amide bonds. The largest absolute Gasteiger partial charge is 0.490 e. The fraction of sp³-hybridized carbons (Fsp3) is 0.407. The summed E-state index contributed by atoms with van der Waals surface area (Å²) in [6, 6.07) is 7.39. The predicted octanol–water partition coefficient (Wildman–Crippen LogP) is 2.86. The number of benzene rings is 2. The van der Waals surface area contributed by atoms with Gasteiger partial charge in [0.15, 0.2) is 11.6 Å². The highest BCUT2D eigenvalue weighted by Gasteiger charge is 2.36. The van der Waals surface area contributed by atoms with Gasteiger partial charge < -0.3 is 30.9 Å². The number of anilines is 1. The molecule has 2 aliphatic heterocycles. The fourth-order valence-corrected chi connectivity index (χ4v) is 4.75. The molecule has 0 spiro atoms. The minimum Gasteiger partial charge on any atom is -0.490 e. The van der Waals surface area contributed by atoms with Crippen molar-refractivity contribution in [2.75, 3.05) is 51.7 Å². The summed E-state index contributed by atoms with van der Waals surface area (Å²) in [5.41, 5.74) is 7.90. The molecule has 0 saturated carbocycles. The minimum absolute atomic E-state index is 0.170. The van der Waals surface area contributed by atoms with E-state index in [9.17, 15) is 13.6 Å². The number of carbonyl (C=O) groups excluding carboxylic acids is 1. The Bertz CT molecular complexity index is 1190. The highest BCUT2D eigenvalue weighted by Crippen LogP contribution is 2.34. The van der Waals surface area contributed by atoms with Crippen molar-refractivity contribution in [1.82, 2.24) is 15.1 Å². The summed E-state index contributed by atoms with van der Waals surface area (Å²) in [6.07, 6.45) is 3.60. The Balaban J connectivity index is 1.48. The van der Waals surface area contributed by atoms with Crippen molar-refractivity contribution in [2.45, 2.75) is 26.1 Å². The first-order valence-corrected chi connectivity index (χ1v) is 12.4. The Kier molecular flexibility index (Phi) is 8.09. The van der Waals surface area contributed by atoms with Gasteiger partial charge in [-0.05, 0) is 62.7 Å². The number of hydrogen-bond donors (Lipinski definition) is 3. The summed E-state index contributed by atoms with van der Waals surface area (Å²) in [5.74, 6) is -2.67. The quantitative estimate of drug-likeness (QED) is 0.448. The van der Waals surface area contributed by atoms with Gasteiger partial charge in [0.1, 0.15) is 5.82 Å². The monoisotopic (exact) mass is 512 g/mol. The van der Waals surface area contributed by atoms with E-state index in [0.29, 0.717) is 29.0 Å². The molecule has 2 aliphatic rings. The van der Waals surface area contributed by atoms with Crippen LogP contribution in [0.15, 0.2) is 47.1 Å². The Morgan fingerprint density at radius 3 is 2.46 bits per heavy atom. The highest BCUT2D eigenvalue weighted by atomic mass is 19.1. The van der Waals surface area contributed by atoms with Crippen LogP contribution >= 0.6 is 0 Å². The number of halogens is 2. The molecule has 10 heteroatoms. The van der Waals surface area contributed by atoms with Crippen LogP contribution in [0.2, 0.25) is 0 Å². The van der Waals surface area contributed by atoms with Crippen molar-refractivity contribution >= 4 is 17.8 Å². The first-order chi connectivity index (χ1) is 17.7. The third kappa shape index (κ3) is 6.26. The number of piperazine rings is 1. The maximum atomic E-state index is 15.0. The van der Waals surface area contributed by atoms with Gasteiger partial charge in [-0.1, -0.05) is 0 Å². The van der Waals surface area contributed by atoms with Crippen LogP contribution in [0.25, 0.3) is 0 Å². The average Bonchev–Trinajstić information content (AvgIpc) is 2.83. The van der Waals surface area contributed by atoms with E-state index in [1.54, 1.807) is 26.0 Å². The second-order valence-corrected chi connectivity index (χ2v) is 9.61. The standard InChI is InChI=1S/C27H34F2N6O2/c1-18-13-21(28)14-19(2)25(18)27(31-16-20(17-32-27)26(30)36)33-22-5-6-24(23(29)15-22)37-12-4-7-35-10-8-34(3)9-11-35/h5-6,13-17,31,33H,4,7-12H2,1-3H3,(H2,30,36). The van der Waals surface area contributed by atoms with Gasteiger partial charge in [-0.25, -0.2) is 13.8 Å². The maximum Gasteiger partial charge on any atom is 0.251 e. The number of amides is 1. The lowest BCUT2D eigenvalue weighted by atomic mass is 9.95. The number of hydrogen-bond acceptors (Lipinski definition) is 7. The number of carbonyl (C=O) groups is 1. The molecule has 198 valence electrons. The normalized spacial score (nSPS) is 20.3. The van der Waals surface area contributed by atoms with E-state index >= 15 is 0 Å². The van der Waals surface area contributed by atoms with E-state index in [0.717, 1.165) is 39.1 Å². The van der Waals surface area contributed by atoms with Gasteiger partial charge in [0.2, 0.25) is 5.79 Å². The topological polar surface area (TPSA) is 95.2 Å². The second-order valence-electron chi connectivity index (χ2n) is 9.61. The zero-order valence-electron chi connectivity index (χ0n) is 21.5. The molecule has 2 aromatic rings. The zero-order valence-corrected chi connectivity index (χ0v) is 21.5. The lowest BCUT2D eigenvalue weighted by molar-refractivity contribution is -0.114. The smallest absolute Gasteiger partial charge is 0.251 e. The lowest BCUT2D eigenvalue weighted by Gasteiger charge is -2.37. The van der Waals surface area contributed by atoms with Crippen molar-refractivity contribution in [2.24, 2.45) is 10.7 Å². The van der Waals surface area contributed by atoms with Crippen LogP contribution < -0.4 is 21.1 Å². The van der Waals surface area contributed by atoms with Crippen molar-refractivity contribution in [1.29, 1.82) is 0 Å². The molecule has 0 aromatic heterocycles. The van der Waals surface area contributed by atoms with Gasteiger partial charge in [-0.15, -0.1) is 0 Å². The molecular weight excluding hydrogens is 478 g/mol. The van der Waals surface area contributed by atoms with E-state index in [-0.39, 0.29) is 17.1 Å². The van der Waals surface area contributed by atoms with E-state index in [1.165, 1.54) is 30.6 Å². The molecule has 1 unspecified atom stereocenters. The number of rotatable bonds is 9. The minimum atomic E-state index is -1.31. The molecule has 1 saturated heterocycles. The molecule has 37 heavy (non-hydrogen) atoms. The van der Waals surface area contributed by atoms with Gasteiger partial charge in [-0.3, -0.25) is 4.79 Å². The number of primary amides is 1. The molecule has 1 fully saturated rings. The number of likely N-dealkylation sites (N-methyl/N-ethyl adjacent to an activating group) is 1. The molecule has 4 N–H and O–H groups in total. The van der Waals surface area contributed by atoms with E-state index in [4.69, 9.17) is 10.5 Å². The molecule has 0 bridgehead atoms. The van der Waals surface area contributed by atoms with Crippen LogP contribution in [-0.4, -0.2) is 68.3 Å². The van der Waals surface area contributed by atoms with Gasteiger partial charge >= 0.3 is 0 Å². The van der Waals surface area contributed by atoms with Gasteiger partial charge in [0, 0.05) is 62.5 Å². The van der Waals surface area contributed by atoms with Crippen molar-refractivity contribution in [3.8, 4) is 5.75 Å². The van der Waals surface area contributed by atoms with Gasteiger partial charge in [0.25, 0.3) is 5.91 Å². The molecule has 0 radical (unpaired) electrons. The summed E-state index contributed by atoms with van der Waals surface area (Å²) in [6.45, 7) is 9.04. The van der Waals surface area contributed by atoms with E-state index < -0.39 is 17.5 Å². The third-order valence-corrected chi connectivity index (χ3v) is 6.71. The van der Waals surface area contributed by atoms with Crippen LogP contribution in [0.1, 0.15) is 23.1 Å². The molecular formula is C27H34F2N6O2. The van der Waals surface area contributed by atoms with Gasteiger partial charge in [-0.2, -0.15) is 0 Å². The lowest BCUT2D eigenvalue weighted by Crippen LogP contribution is -2.48. The second kappa shape index (κ2) is 11.3. The van der Waals surface area contributed by atoms with E-state index in [1.807, 2.05) is 0 Å². The molecule has 2 heterocycles. The molecule has 4 rings (SSSR count). The number of nitrogens with two attached hydrogens (primary N) is 1. The van der Waals surface area contributed by atoms with Crippen molar-refractivity contribution < 1.29 is 18.3 Å². The first kappa shape index (κ1) is 26.6. The molecule has 0 aliphatic carbocycles. The zero-order chi connectivity index (χ0) is 26.6. The summed E-state index contributed by atoms with van der Waals surface area (Å²) in [4.78, 5) is 20.9. The van der Waals surface area contributed by atoms with Crippen LogP contribution in [0.4, 0.5) is 14.5 Å². The maximum absolute atomic E-state index is 15.0. The molecule has 1 atom stereocenters. The Morgan fingerprint density at radius 2 is 1.86 bits per heavy atom. The van der Waals surface area contributed by atoms with Crippen LogP contribution in [0, 0.1) is 25.5 Å².